The highest BCUT2D eigenvalue weighted by Crippen LogP contribution is 2.11. The van der Waals surface area contributed by atoms with E-state index >= 15 is 0 Å². The van der Waals surface area contributed by atoms with Crippen molar-refractivity contribution >= 4 is 0 Å². The van der Waals surface area contributed by atoms with Gasteiger partial charge in [0.2, 0.25) is 0 Å². The topological polar surface area (TPSA) is 52.0 Å². The van der Waals surface area contributed by atoms with Crippen LogP contribution in [0.25, 0.3) is 0 Å². The van der Waals surface area contributed by atoms with Gasteiger partial charge >= 0.3 is 0 Å². The van der Waals surface area contributed by atoms with Gasteiger partial charge in [-0.2, -0.15) is 0 Å². The van der Waals surface area contributed by atoms with E-state index in [4.69, 9.17) is 4.74 Å². The second kappa shape index (κ2) is 6.12. The zero-order chi connectivity index (χ0) is 12.9. The summed E-state index contributed by atoms with van der Waals surface area (Å²) in [5.41, 5.74) is 0.971. The Morgan fingerprint density at radius 3 is 2.71 bits per heavy atom. The number of nitrogens with one attached hydrogen (secondary N) is 1. The molecule has 17 heavy (non-hydrogen) atoms. The molecule has 0 saturated carbocycles. The molecule has 5 heteroatoms. The molecular weight excluding hydrogens is 216 g/mol. The van der Waals surface area contributed by atoms with Gasteiger partial charge < -0.3 is 10.1 Å². The minimum atomic E-state index is -0.00536. The van der Waals surface area contributed by atoms with E-state index in [1.807, 2.05) is 10.9 Å². The molecule has 0 aliphatic rings. The molecule has 0 aliphatic carbocycles. The van der Waals surface area contributed by atoms with Crippen LogP contribution in [0.2, 0.25) is 0 Å². The van der Waals surface area contributed by atoms with Crippen molar-refractivity contribution in [2.75, 3.05) is 20.3 Å². The number of hydrogen-bond acceptors (Lipinski definition) is 4. The molecule has 0 amide bonds. The monoisotopic (exact) mass is 240 g/mol. The van der Waals surface area contributed by atoms with Crippen LogP contribution in [-0.4, -0.2) is 35.3 Å². The van der Waals surface area contributed by atoms with Gasteiger partial charge in [-0.05, 0) is 26.7 Å². The van der Waals surface area contributed by atoms with Crippen molar-refractivity contribution in [3.8, 4) is 0 Å². The molecule has 1 heterocycles. The van der Waals surface area contributed by atoms with Gasteiger partial charge in [0.15, 0.2) is 0 Å². The Bertz CT molecular complexity index is 329. The summed E-state index contributed by atoms with van der Waals surface area (Å²) in [5.74, 6) is 0.512. The average molecular weight is 240 g/mol. The van der Waals surface area contributed by atoms with Gasteiger partial charge in [0.05, 0.1) is 17.4 Å². The van der Waals surface area contributed by atoms with E-state index < -0.39 is 0 Å². The minimum Gasteiger partial charge on any atom is -0.384 e. The predicted octanol–water partition coefficient (Wildman–Crippen LogP) is 1.41. The summed E-state index contributed by atoms with van der Waals surface area (Å²) < 4.78 is 6.97. The zero-order valence-corrected chi connectivity index (χ0v) is 11.5. The molecule has 5 nitrogen and oxygen atoms in total. The first-order chi connectivity index (χ1) is 7.93. The molecule has 0 bridgehead atoms. The van der Waals surface area contributed by atoms with E-state index in [2.05, 4.69) is 43.3 Å². The first-order valence-corrected chi connectivity index (χ1v) is 6.05. The molecule has 0 aliphatic heterocycles. The minimum absolute atomic E-state index is 0.00536. The number of ether oxygens (including phenoxy) is 1. The van der Waals surface area contributed by atoms with Crippen LogP contribution < -0.4 is 5.32 Å². The molecule has 1 atom stereocenters. The normalized spacial score (nSPS) is 13.9. The van der Waals surface area contributed by atoms with Crippen LogP contribution in [0.3, 0.4) is 0 Å². The molecule has 0 saturated heterocycles. The Kier molecular flexibility index (Phi) is 5.08. The van der Waals surface area contributed by atoms with Crippen LogP contribution in [-0.2, 0) is 16.8 Å². The molecule has 0 aromatic carbocycles. The van der Waals surface area contributed by atoms with Crippen molar-refractivity contribution in [3.63, 3.8) is 0 Å². The third-order valence-electron chi connectivity index (χ3n) is 2.48. The standard InChI is InChI=1S/C12H24N4O/c1-10(9-17-5)6-13-7-11-8-16(15-14-11)12(2,3)4/h8,10,13H,6-7,9H2,1-5H3. The van der Waals surface area contributed by atoms with Crippen molar-refractivity contribution in [1.82, 2.24) is 20.3 Å². The second-order valence-corrected chi connectivity index (χ2v) is 5.52. The number of methoxy groups -OCH3 is 1. The Morgan fingerprint density at radius 1 is 1.47 bits per heavy atom. The zero-order valence-electron chi connectivity index (χ0n) is 11.5. The molecule has 0 radical (unpaired) electrons. The lowest BCUT2D eigenvalue weighted by atomic mass is 10.1. The van der Waals surface area contributed by atoms with Gasteiger partial charge in [-0.3, -0.25) is 0 Å². The smallest absolute Gasteiger partial charge is 0.0965 e. The molecule has 1 N–H and O–H groups in total. The van der Waals surface area contributed by atoms with Crippen molar-refractivity contribution in [3.05, 3.63) is 11.9 Å². The summed E-state index contributed by atoms with van der Waals surface area (Å²) in [6.07, 6.45) is 1.99. The van der Waals surface area contributed by atoms with Gasteiger partial charge in [0.25, 0.3) is 0 Å². The highest BCUT2D eigenvalue weighted by atomic mass is 16.5. The van der Waals surface area contributed by atoms with E-state index in [0.29, 0.717) is 5.92 Å². The molecule has 1 rings (SSSR count). The van der Waals surface area contributed by atoms with E-state index in [1.165, 1.54) is 0 Å². The maximum Gasteiger partial charge on any atom is 0.0965 e. The van der Waals surface area contributed by atoms with E-state index in [0.717, 1.165) is 25.4 Å². The van der Waals surface area contributed by atoms with Crippen LogP contribution in [0.4, 0.5) is 0 Å². The second-order valence-electron chi connectivity index (χ2n) is 5.52. The fourth-order valence-electron chi connectivity index (χ4n) is 1.50. The summed E-state index contributed by atoms with van der Waals surface area (Å²) in [7, 11) is 1.73. The quantitative estimate of drug-likeness (QED) is 0.816. The lowest BCUT2D eigenvalue weighted by Crippen LogP contribution is -2.24. The largest absolute Gasteiger partial charge is 0.384 e. The summed E-state index contributed by atoms with van der Waals surface area (Å²) in [6, 6.07) is 0. The molecule has 0 spiro atoms. The molecule has 1 aromatic rings. The van der Waals surface area contributed by atoms with Crippen molar-refractivity contribution in [1.29, 1.82) is 0 Å². The van der Waals surface area contributed by atoms with Gasteiger partial charge in [-0.1, -0.05) is 12.1 Å². The highest BCUT2D eigenvalue weighted by molar-refractivity contribution is 4.94. The molecule has 1 unspecified atom stereocenters. The lowest BCUT2D eigenvalue weighted by Gasteiger charge is -2.17. The molecule has 98 valence electrons. The number of aromatic nitrogens is 3. The molecule has 0 fully saturated rings. The number of rotatable bonds is 6. The summed E-state index contributed by atoms with van der Waals surface area (Å²) >= 11 is 0. The van der Waals surface area contributed by atoms with Gasteiger partial charge in [0, 0.05) is 26.8 Å². The molecule has 1 aromatic heterocycles. The van der Waals surface area contributed by atoms with Crippen molar-refractivity contribution in [2.24, 2.45) is 5.92 Å². The van der Waals surface area contributed by atoms with Crippen LogP contribution >= 0.6 is 0 Å². The SMILES string of the molecule is COCC(C)CNCc1cn(C(C)(C)C)nn1. The Hall–Kier alpha value is -0.940. The fourth-order valence-corrected chi connectivity index (χ4v) is 1.50. The Balaban J connectivity index is 2.35. The molecular formula is C12H24N4O. The number of hydrogen-bond donors (Lipinski definition) is 1. The lowest BCUT2D eigenvalue weighted by molar-refractivity contribution is 0.158. The first-order valence-electron chi connectivity index (χ1n) is 6.05. The van der Waals surface area contributed by atoms with E-state index in [-0.39, 0.29) is 5.54 Å². The summed E-state index contributed by atoms with van der Waals surface area (Å²) in [5, 5.41) is 11.6. The van der Waals surface area contributed by atoms with Gasteiger partial charge in [-0.15, -0.1) is 5.10 Å². The number of nitrogens with zero attached hydrogens (tertiary/aromatic N) is 3. The average Bonchev–Trinajstić information content (AvgIpc) is 2.66. The third kappa shape index (κ3) is 4.83. The van der Waals surface area contributed by atoms with E-state index in [1.54, 1.807) is 7.11 Å². The van der Waals surface area contributed by atoms with Crippen LogP contribution in [0.1, 0.15) is 33.4 Å². The fraction of sp³-hybridized carbons (Fsp3) is 0.833. The summed E-state index contributed by atoms with van der Waals surface area (Å²) in [6.45, 7) is 10.9. The van der Waals surface area contributed by atoms with Gasteiger partial charge in [0.1, 0.15) is 0 Å². The summed E-state index contributed by atoms with van der Waals surface area (Å²) in [4.78, 5) is 0. The van der Waals surface area contributed by atoms with Crippen molar-refractivity contribution < 1.29 is 4.74 Å². The van der Waals surface area contributed by atoms with Crippen molar-refractivity contribution in [2.45, 2.75) is 39.8 Å². The Morgan fingerprint density at radius 2 is 2.18 bits per heavy atom. The van der Waals surface area contributed by atoms with Crippen LogP contribution in [0.5, 0.6) is 0 Å². The third-order valence-corrected chi connectivity index (χ3v) is 2.48. The van der Waals surface area contributed by atoms with Crippen LogP contribution in [0, 0.1) is 5.92 Å². The van der Waals surface area contributed by atoms with E-state index in [9.17, 15) is 0 Å². The maximum atomic E-state index is 5.08. The Labute approximate surface area is 104 Å². The highest BCUT2D eigenvalue weighted by Gasteiger charge is 2.14. The van der Waals surface area contributed by atoms with Crippen LogP contribution in [0.15, 0.2) is 6.20 Å². The predicted molar refractivity (Wildman–Crippen MR) is 67.8 cm³/mol. The first kappa shape index (κ1) is 14.1. The maximum absolute atomic E-state index is 5.08. The van der Waals surface area contributed by atoms with Gasteiger partial charge in [-0.25, -0.2) is 4.68 Å².